The molecule has 3 atom stereocenters. The predicted octanol–water partition coefficient (Wildman–Crippen LogP) is 2.51. The lowest BCUT2D eigenvalue weighted by molar-refractivity contribution is 0.0677. The number of hydrogen-bond donors (Lipinski definition) is 1. The molecule has 1 aromatic heterocycles. The fourth-order valence-electron chi connectivity index (χ4n) is 3.11. The normalized spacial score (nSPS) is 31.9. The molecule has 112 valence electrons. The summed E-state index contributed by atoms with van der Waals surface area (Å²) < 4.78 is 11.3. The Morgan fingerprint density at radius 2 is 2.15 bits per heavy atom. The monoisotopic (exact) mass is 297 g/mol. The maximum atomic E-state index is 5.72. The summed E-state index contributed by atoms with van der Waals surface area (Å²) in [5.74, 6) is 3.86. The van der Waals surface area contributed by atoms with Crippen molar-refractivity contribution in [1.29, 1.82) is 0 Å². The summed E-state index contributed by atoms with van der Waals surface area (Å²) in [6.45, 7) is 0.780. The Morgan fingerprint density at radius 3 is 2.95 bits per heavy atom. The number of nitrogens with zero attached hydrogens (tertiary/aromatic N) is 2. The van der Waals surface area contributed by atoms with Crippen molar-refractivity contribution >= 4 is 11.8 Å². The van der Waals surface area contributed by atoms with Crippen molar-refractivity contribution in [3.63, 3.8) is 0 Å². The highest BCUT2D eigenvalue weighted by atomic mass is 32.2. The van der Waals surface area contributed by atoms with Gasteiger partial charge in [-0.05, 0) is 19.9 Å². The highest BCUT2D eigenvalue weighted by molar-refractivity contribution is 7.99. The second kappa shape index (κ2) is 6.91. The van der Waals surface area contributed by atoms with Gasteiger partial charge >= 0.3 is 0 Å². The van der Waals surface area contributed by atoms with Gasteiger partial charge < -0.3 is 14.6 Å². The molecule has 0 aromatic carbocycles. The number of likely N-dealkylation sites (N-methyl/N-ethyl adjacent to an activating group) is 1. The third-order valence-corrected chi connectivity index (χ3v) is 5.26. The van der Waals surface area contributed by atoms with Gasteiger partial charge in [-0.25, -0.2) is 0 Å². The molecule has 20 heavy (non-hydrogen) atoms. The number of hydrogen-bond acceptors (Lipinski definition) is 6. The van der Waals surface area contributed by atoms with Gasteiger partial charge in [0.15, 0.2) is 0 Å². The molecule has 2 aliphatic rings. The van der Waals surface area contributed by atoms with E-state index in [0.717, 1.165) is 36.2 Å². The maximum Gasteiger partial charge on any atom is 0.231 e. The summed E-state index contributed by atoms with van der Waals surface area (Å²) in [5.41, 5.74) is 0. The van der Waals surface area contributed by atoms with Crippen LogP contribution >= 0.6 is 11.8 Å². The zero-order chi connectivity index (χ0) is 13.8. The van der Waals surface area contributed by atoms with Gasteiger partial charge in [-0.2, -0.15) is 16.7 Å². The highest BCUT2D eigenvalue weighted by Crippen LogP contribution is 2.32. The smallest absolute Gasteiger partial charge is 0.231 e. The van der Waals surface area contributed by atoms with Crippen molar-refractivity contribution in [2.75, 3.05) is 25.2 Å². The summed E-state index contributed by atoms with van der Waals surface area (Å²) in [4.78, 5) is 4.64. The van der Waals surface area contributed by atoms with E-state index in [1.807, 2.05) is 18.8 Å². The molecule has 1 saturated heterocycles. The number of rotatable bonds is 3. The topological polar surface area (TPSA) is 60.2 Å². The summed E-state index contributed by atoms with van der Waals surface area (Å²) in [7, 11) is 2.03. The molecule has 6 heteroatoms. The molecule has 0 bridgehead atoms. The number of nitrogens with one attached hydrogen (secondary N) is 1. The first kappa shape index (κ1) is 14.4. The molecule has 5 nitrogen and oxygen atoms in total. The molecule has 0 amide bonds. The van der Waals surface area contributed by atoms with E-state index in [4.69, 9.17) is 9.26 Å². The van der Waals surface area contributed by atoms with Crippen molar-refractivity contribution < 1.29 is 9.26 Å². The number of ether oxygens (including phenoxy) is 1. The number of aromatic nitrogens is 2. The van der Waals surface area contributed by atoms with E-state index in [0.29, 0.717) is 12.0 Å². The Labute approximate surface area is 124 Å². The Balaban J connectivity index is 1.73. The fourth-order valence-corrected chi connectivity index (χ4v) is 3.95. The van der Waals surface area contributed by atoms with Gasteiger partial charge in [-0.1, -0.05) is 24.4 Å². The zero-order valence-corrected chi connectivity index (χ0v) is 12.8. The van der Waals surface area contributed by atoms with Gasteiger partial charge in [-0.15, -0.1) is 0 Å². The van der Waals surface area contributed by atoms with Crippen molar-refractivity contribution in [3.05, 3.63) is 11.7 Å². The summed E-state index contributed by atoms with van der Waals surface area (Å²) in [6, 6.07) is 0.451. The quantitative estimate of drug-likeness (QED) is 0.865. The fraction of sp³-hybridized carbons (Fsp3) is 0.857. The third kappa shape index (κ3) is 3.18. The van der Waals surface area contributed by atoms with Crippen LogP contribution < -0.4 is 5.32 Å². The maximum absolute atomic E-state index is 5.72. The van der Waals surface area contributed by atoms with E-state index >= 15 is 0 Å². The van der Waals surface area contributed by atoms with Gasteiger partial charge in [-0.3, -0.25) is 0 Å². The lowest BCUT2D eigenvalue weighted by Crippen LogP contribution is -2.31. The average molecular weight is 297 g/mol. The SMILES string of the molecule is CNC1CCCCCC1c1nc(C2CSCCO2)no1. The second-order valence-electron chi connectivity index (χ2n) is 5.56. The molecule has 1 saturated carbocycles. The van der Waals surface area contributed by atoms with Gasteiger partial charge in [0.25, 0.3) is 0 Å². The molecule has 1 N–H and O–H groups in total. The van der Waals surface area contributed by atoms with E-state index in [2.05, 4.69) is 15.5 Å². The molecule has 0 spiro atoms. The lowest BCUT2D eigenvalue weighted by atomic mass is 9.95. The standard InChI is InChI=1S/C14H23N3O2S/c1-15-11-6-4-2-3-5-10(11)14-16-13(17-19-14)12-9-20-8-7-18-12/h10-12,15H,2-9H2,1H3. The molecule has 2 fully saturated rings. The first-order valence-electron chi connectivity index (χ1n) is 7.58. The third-order valence-electron chi connectivity index (χ3n) is 4.27. The van der Waals surface area contributed by atoms with Gasteiger partial charge in [0.1, 0.15) is 6.10 Å². The predicted molar refractivity (Wildman–Crippen MR) is 79.0 cm³/mol. The largest absolute Gasteiger partial charge is 0.368 e. The molecular weight excluding hydrogens is 274 g/mol. The minimum atomic E-state index is 0.00469. The van der Waals surface area contributed by atoms with Crippen LogP contribution in [-0.4, -0.2) is 41.3 Å². The summed E-state index contributed by atoms with van der Waals surface area (Å²) in [6.07, 6.45) is 6.16. The highest BCUT2D eigenvalue weighted by Gasteiger charge is 2.30. The molecule has 1 aliphatic heterocycles. The second-order valence-corrected chi connectivity index (χ2v) is 6.71. The molecule has 1 aromatic rings. The van der Waals surface area contributed by atoms with Crippen molar-refractivity contribution in [2.24, 2.45) is 0 Å². The van der Waals surface area contributed by atoms with Crippen LogP contribution in [0.3, 0.4) is 0 Å². The summed E-state index contributed by atoms with van der Waals surface area (Å²) >= 11 is 1.89. The van der Waals surface area contributed by atoms with Crippen molar-refractivity contribution in [2.45, 2.75) is 50.2 Å². The zero-order valence-electron chi connectivity index (χ0n) is 12.0. The van der Waals surface area contributed by atoms with Crippen LogP contribution in [0.25, 0.3) is 0 Å². The molecular formula is C14H23N3O2S. The van der Waals surface area contributed by atoms with E-state index in [-0.39, 0.29) is 6.10 Å². The van der Waals surface area contributed by atoms with Gasteiger partial charge in [0.05, 0.1) is 12.5 Å². The van der Waals surface area contributed by atoms with Crippen LogP contribution in [0.2, 0.25) is 0 Å². The van der Waals surface area contributed by atoms with Gasteiger partial charge in [0, 0.05) is 17.5 Å². The Morgan fingerprint density at radius 1 is 1.25 bits per heavy atom. The van der Waals surface area contributed by atoms with Crippen LogP contribution in [-0.2, 0) is 4.74 Å². The van der Waals surface area contributed by atoms with Gasteiger partial charge in [0.2, 0.25) is 11.7 Å². The minimum absolute atomic E-state index is 0.00469. The van der Waals surface area contributed by atoms with Crippen LogP contribution in [0.15, 0.2) is 4.52 Å². The van der Waals surface area contributed by atoms with Crippen molar-refractivity contribution in [1.82, 2.24) is 15.5 Å². The Kier molecular flexibility index (Phi) is 4.96. The van der Waals surface area contributed by atoms with E-state index in [1.165, 1.54) is 25.7 Å². The molecule has 2 heterocycles. The van der Waals surface area contributed by atoms with E-state index < -0.39 is 0 Å². The van der Waals surface area contributed by atoms with E-state index in [9.17, 15) is 0 Å². The van der Waals surface area contributed by atoms with E-state index in [1.54, 1.807) is 0 Å². The molecule has 3 rings (SSSR count). The first-order valence-corrected chi connectivity index (χ1v) is 8.74. The average Bonchev–Trinajstić information content (AvgIpc) is 2.87. The summed E-state index contributed by atoms with van der Waals surface area (Å²) in [5, 5.41) is 7.58. The van der Waals surface area contributed by atoms with Crippen LogP contribution in [0.1, 0.15) is 55.8 Å². The van der Waals surface area contributed by atoms with Crippen LogP contribution in [0.5, 0.6) is 0 Å². The van der Waals surface area contributed by atoms with Crippen LogP contribution in [0, 0.1) is 0 Å². The minimum Gasteiger partial charge on any atom is -0.368 e. The molecule has 0 radical (unpaired) electrons. The van der Waals surface area contributed by atoms with Crippen LogP contribution in [0.4, 0.5) is 0 Å². The number of thioether (sulfide) groups is 1. The van der Waals surface area contributed by atoms with Crippen molar-refractivity contribution in [3.8, 4) is 0 Å². The Hall–Kier alpha value is -0.590. The molecule has 3 unspecified atom stereocenters. The first-order chi connectivity index (χ1) is 9.88. The molecule has 1 aliphatic carbocycles. The Bertz CT molecular complexity index is 420. The lowest BCUT2D eigenvalue weighted by Gasteiger charge is -2.21.